The minimum absolute atomic E-state index is 0.160. The lowest BCUT2D eigenvalue weighted by Crippen LogP contribution is -2.27. The molecule has 0 atom stereocenters. The molecule has 0 spiro atoms. The van der Waals surface area contributed by atoms with Crippen LogP contribution in [-0.2, 0) is 19.4 Å². The first-order valence-corrected chi connectivity index (χ1v) is 13.2. The number of thiophene rings is 1. The molecule has 10 heteroatoms. The summed E-state index contributed by atoms with van der Waals surface area (Å²) in [6.07, 6.45) is 4.50. The minimum atomic E-state index is -1.01. The first-order chi connectivity index (χ1) is 18.5. The molecule has 0 radical (unpaired) electrons. The van der Waals surface area contributed by atoms with Crippen LogP contribution in [0.4, 0.5) is 0 Å². The maximum absolute atomic E-state index is 13.7. The topological polar surface area (TPSA) is 127 Å². The quantitative estimate of drug-likeness (QED) is 0.267. The number of carboxylic acids is 1. The van der Waals surface area contributed by atoms with Gasteiger partial charge < -0.3 is 5.11 Å². The van der Waals surface area contributed by atoms with E-state index in [2.05, 4.69) is 32.5 Å². The highest BCUT2D eigenvalue weighted by atomic mass is 32.1. The van der Waals surface area contributed by atoms with E-state index in [4.69, 9.17) is 0 Å². The summed E-state index contributed by atoms with van der Waals surface area (Å²) in [7, 11) is 0. The SMILES string of the molecule is CCCCc1ncn(Cc2sccc2C(=O)O)c(=O)c1Cc1ccc(-c2ccccc2)c(-c2nn[nH]n2)c1. The molecule has 3 heterocycles. The zero-order valence-corrected chi connectivity index (χ0v) is 21.6. The van der Waals surface area contributed by atoms with Gasteiger partial charge in [-0.25, -0.2) is 9.78 Å². The van der Waals surface area contributed by atoms with Crippen LogP contribution in [-0.4, -0.2) is 41.3 Å². The number of aromatic carboxylic acids is 1. The number of aromatic amines is 1. The molecule has 2 N–H and O–H groups in total. The minimum Gasteiger partial charge on any atom is -0.478 e. The lowest BCUT2D eigenvalue weighted by molar-refractivity contribution is 0.0696. The molecule has 38 heavy (non-hydrogen) atoms. The molecule has 0 saturated heterocycles. The molecule has 3 aromatic heterocycles. The number of nitrogens with one attached hydrogen (secondary N) is 1. The van der Waals surface area contributed by atoms with Gasteiger partial charge >= 0.3 is 5.97 Å². The summed E-state index contributed by atoms with van der Waals surface area (Å²) >= 11 is 1.32. The molecule has 0 saturated carbocycles. The second-order valence-electron chi connectivity index (χ2n) is 8.93. The third-order valence-electron chi connectivity index (χ3n) is 6.41. The van der Waals surface area contributed by atoms with Gasteiger partial charge in [-0.15, -0.1) is 21.5 Å². The molecule has 0 aliphatic rings. The van der Waals surface area contributed by atoms with Crippen molar-refractivity contribution in [2.24, 2.45) is 0 Å². The highest BCUT2D eigenvalue weighted by molar-refractivity contribution is 7.10. The first kappa shape index (κ1) is 25.2. The highest BCUT2D eigenvalue weighted by Crippen LogP contribution is 2.31. The van der Waals surface area contributed by atoms with Crippen LogP contribution in [0.2, 0.25) is 0 Å². The van der Waals surface area contributed by atoms with E-state index in [1.54, 1.807) is 11.4 Å². The average Bonchev–Trinajstić information content (AvgIpc) is 3.64. The van der Waals surface area contributed by atoms with Gasteiger partial charge in [0.15, 0.2) is 0 Å². The number of aromatic nitrogens is 6. The van der Waals surface area contributed by atoms with Gasteiger partial charge in [0, 0.05) is 22.4 Å². The number of unbranched alkanes of at least 4 members (excludes halogenated alkanes) is 1. The number of rotatable bonds is 10. The van der Waals surface area contributed by atoms with Gasteiger partial charge in [0.05, 0.1) is 24.1 Å². The number of nitrogens with zero attached hydrogens (tertiary/aromatic N) is 5. The fraction of sp³-hybridized carbons (Fsp3) is 0.214. The summed E-state index contributed by atoms with van der Waals surface area (Å²) < 4.78 is 1.50. The van der Waals surface area contributed by atoms with Crippen LogP contribution in [0.15, 0.2) is 71.1 Å². The van der Waals surface area contributed by atoms with Crippen molar-refractivity contribution in [2.75, 3.05) is 0 Å². The van der Waals surface area contributed by atoms with E-state index in [9.17, 15) is 14.7 Å². The van der Waals surface area contributed by atoms with Crippen molar-refractivity contribution < 1.29 is 9.90 Å². The van der Waals surface area contributed by atoms with E-state index >= 15 is 0 Å². The maximum Gasteiger partial charge on any atom is 0.336 e. The van der Waals surface area contributed by atoms with Gasteiger partial charge in [-0.2, -0.15) is 5.21 Å². The number of aryl methyl sites for hydroxylation is 1. The Hall–Kier alpha value is -4.44. The van der Waals surface area contributed by atoms with Crippen molar-refractivity contribution in [1.82, 2.24) is 30.2 Å². The number of carboxylic acid groups (broad SMARTS) is 1. The molecule has 0 unspecified atom stereocenters. The van der Waals surface area contributed by atoms with E-state index in [1.165, 1.54) is 22.2 Å². The van der Waals surface area contributed by atoms with Gasteiger partial charge in [0.2, 0.25) is 5.82 Å². The predicted octanol–water partition coefficient (Wildman–Crippen LogP) is 4.83. The molecule has 0 aliphatic carbocycles. The standard InChI is InChI=1S/C28H26N6O3S/c1-2-3-9-24-23(27(35)34(17-29-24)16-25-21(28(36)37)12-13-38-25)15-18-10-11-20(19-7-5-4-6-8-19)22(14-18)26-30-32-33-31-26/h4-8,10-14,17H,2-3,9,15-16H2,1H3,(H,36,37)(H,30,31,32,33). The van der Waals surface area contributed by atoms with Crippen LogP contribution >= 0.6 is 11.3 Å². The van der Waals surface area contributed by atoms with Crippen molar-refractivity contribution in [1.29, 1.82) is 0 Å². The summed E-state index contributed by atoms with van der Waals surface area (Å²) in [5.74, 6) is -0.533. The second kappa shape index (κ2) is 11.3. The van der Waals surface area contributed by atoms with Crippen molar-refractivity contribution in [3.63, 3.8) is 0 Å². The Labute approximate surface area is 222 Å². The third-order valence-corrected chi connectivity index (χ3v) is 7.32. The third kappa shape index (κ3) is 5.30. The Morgan fingerprint density at radius 2 is 1.95 bits per heavy atom. The Kier molecular flexibility index (Phi) is 7.50. The van der Waals surface area contributed by atoms with Gasteiger partial charge in [-0.3, -0.25) is 9.36 Å². The van der Waals surface area contributed by atoms with E-state index in [1.807, 2.05) is 48.5 Å². The Morgan fingerprint density at radius 1 is 1.11 bits per heavy atom. The summed E-state index contributed by atoms with van der Waals surface area (Å²) in [5.41, 5.74) is 5.14. The highest BCUT2D eigenvalue weighted by Gasteiger charge is 2.18. The molecule has 0 aliphatic heterocycles. The Balaban J connectivity index is 1.55. The van der Waals surface area contributed by atoms with Crippen molar-refractivity contribution in [3.05, 3.63) is 104 Å². The molecule has 0 bridgehead atoms. The number of hydrogen-bond acceptors (Lipinski definition) is 7. The van der Waals surface area contributed by atoms with E-state index in [-0.39, 0.29) is 17.7 Å². The van der Waals surface area contributed by atoms with Gasteiger partial charge in [0.1, 0.15) is 0 Å². The zero-order chi connectivity index (χ0) is 26.5. The van der Waals surface area contributed by atoms with Crippen molar-refractivity contribution >= 4 is 17.3 Å². The van der Waals surface area contributed by atoms with Crippen LogP contribution in [0.25, 0.3) is 22.5 Å². The number of benzene rings is 2. The van der Waals surface area contributed by atoms with Gasteiger partial charge in [-0.1, -0.05) is 55.8 Å². The van der Waals surface area contributed by atoms with Crippen LogP contribution < -0.4 is 5.56 Å². The molecule has 5 aromatic rings. The van der Waals surface area contributed by atoms with E-state index in [0.29, 0.717) is 29.1 Å². The summed E-state index contributed by atoms with van der Waals surface area (Å²) in [4.78, 5) is 30.5. The Morgan fingerprint density at radius 3 is 2.68 bits per heavy atom. The second-order valence-corrected chi connectivity index (χ2v) is 9.93. The smallest absolute Gasteiger partial charge is 0.336 e. The van der Waals surface area contributed by atoms with Crippen molar-refractivity contribution in [2.45, 2.75) is 39.2 Å². The fourth-order valence-corrected chi connectivity index (χ4v) is 5.32. The summed E-state index contributed by atoms with van der Waals surface area (Å²) in [5, 5.41) is 25.9. The molecule has 9 nitrogen and oxygen atoms in total. The van der Waals surface area contributed by atoms with Gasteiger partial charge in [0.25, 0.3) is 5.56 Å². The number of hydrogen-bond donors (Lipinski definition) is 2. The number of carbonyl (C=O) groups is 1. The maximum atomic E-state index is 13.7. The van der Waals surface area contributed by atoms with Crippen LogP contribution in [0.3, 0.4) is 0 Å². The lowest BCUT2D eigenvalue weighted by Gasteiger charge is -2.14. The zero-order valence-electron chi connectivity index (χ0n) is 20.8. The predicted molar refractivity (Wildman–Crippen MR) is 145 cm³/mol. The van der Waals surface area contributed by atoms with E-state index in [0.717, 1.165) is 40.8 Å². The Bertz CT molecular complexity index is 1610. The fourth-order valence-electron chi connectivity index (χ4n) is 4.46. The average molecular weight is 527 g/mol. The molecule has 192 valence electrons. The largest absolute Gasteiger partial charge is 0.478 e. The molecule has 0 amide bonds. The monoisotopic (exact) mass is 526 g/mol. The molecule has 0 fully saturated rings. The first-order valence-electron chi connectivity index (χ1n) is 12.3. The summed E-state index contributed by atoms with van der Waals surface area (Å²) in [6.45, 7) is 2.26. The lowest BCUT2D eigenvalue weighted by atomic mass is 9.94. The molecule has 5 rings (SSSR count). The van der Waals surface area contributed by atoms with Crippen LogP contribution in [0.5, 0.6) is 0 Å². The van der Waals surface area contributed by atoms with E-state index < -0.39 is 5.97 Å². The molecular formula is C28H26N6O3S. The molecule has 2 aromatic carbocycles. The number of tetrazole rings is 1. The molecular weight excluding hydrogens is 500 g/mol. The van der Waals surface area contributed by atoms with Crippen LogP contribution in [0.1, 0.15) is 51.8 Å². The van der Waals surface area contributed by atoms with Gasteiger partial charge in [-0.05, 0) is 52.3 Å². The number of H-pyrrole nitrogens is 1. The van der Waals surface area contributed by atoms with Crippen LogP contribution in [0, 0.1) is 0 Å². The normalized spacial score (nSPS) is 11.1. The summed E-state index contributed by atoms with van der Waals surface area (Å²) in [6, 6.07) is 17.5. The van der Waals surface area contributed by atoms with Crippen molar-refractivity contribution in [3.8, 4) is 22.5 Å².